The second-order valence-electron chi connectivity index (χ2n) is 6.76. The first-order chi connectivity index (χ1) is 14.2. The molecule has 1 aliphatic heterocycles. The molecule has 2 aromatic carbocycles. The van der Waals surface area contributed by atoms with Crippen molar-refractivity contribution >= 4 is 27.5 Å². The van der Waals surface area contributed by atoms with Crippen molar-refractivity contribution in [3.8, 4) is 0 Å². The molecular formula is C19H20F2N4O4S. The molecule has 0 atom stereocenters. The third-order valence-corrected chi connectivity index (χ3v) is 6.37. The number of rotatable bonds is 4. The number of nitrogens with one attached hydrogen (secondary N) is 1. The van der Waals surface area contributed by atoms with Crippen LogP contribution in [0, 0.1) is 11.6 Å². The molecule has 3 N–H and O–H groups in total. The lowest BCUT2D eigenvalue weighted by molar-refractivity contribution is 0.0953. The lowest BCUT2D eigenvalue weighted by Crippen LogP contribution is -2.49. The van der Waals surface area contributed by atoms with Crippen molar-refractivity contribution in [3.05, 3.63) is 65.2 Å². The third-order valence-electron chi connectivity index (χ3n) is 4.76. The van der Waals surface area contributed by atoms with Gasteiger partial charge in [-0.15, -0.1) is 0 Å². The largest absolute Gasteiger partial charge is 0.324 e. The Hall–Kier alpha value is -3.05. The molecule has 3 rings (SSSR count). The highest BCUT2D eigenvalue weighted by atomic mass is 32.2. The number of nitrogen functional groups attached to an aromatic ring is 1. The van der Waals surface area contributed by atoms with Crippen molar-refractivity contribution in [2.45, 2.75) is 6.54 Å². The van der Waals surface area contributed by atoms with E-state index in [1.165, 1.54) is 46.2 Å². The highest BCUT2D eigenvalue weighted by Gasteiger charge is 2.29. The quantitative estimate of drug-likeness (QED) is 0.426. The predicted octanol–water partition coefficient (Wildman–Crippen LogP) is 1.43. The normalized spacial score (nSPS) is 15.5. The molecule has 0 saturated carbocycles. The highest BCUT2D eigenvalue weighted by Crippen LogP contribution is 2.22. The molecule has 160 valence electrons. The Bertz CT molecular complexity index is 1050. The van der Waals surface area contributed by atoms with Crippen LogP contribution in [0.1, 0.15) is 15.9 Å². The molecule has 0 unspecified atom stereocenters. The van der Waals surface area contributed by atoms with Gasteiger partial charge in [0, 0.05) is 29.9 Å². The summed E-state index contributed by atoms with van der Waals surface area (Å²) in [5.74, 6) is 2.84. The number of nitrogens with zero attached hydrogens (tertiary/aromatic N) is 2. The summed E-state index contributed by atoms with van der Waals surface area (Å²) in [4.78, 5) is 27.2. The monoisotopic (exact) mass is 438 g/mol. The number of hydrogen-bond donors (Lipinski definition) is 2. The van der Waals surface area contributed by atoms with Crippen LogP contribution in [0.5, 0.6) is 0 Å². The van der Waals surface area contributed by atoms with E-state index in [1.54, 1.807) is 0 Å². The predicted molar refractivity (Wildman–Crippen MR) is 106 cm³/mol. The van der Waals surface area contributed by atoms with Gasteiger partial charge < -0.3 is 4.90 Å². The molecule has 30 heavy (non-hydrogen) atoms. The average molecular weight is 438 g/mol. The first-order valence-corrected chi connectivity index (χ1v) is 10.8. The van der Waals surface area contributed by atoms with Gasteiger partial charge in [-0.05, 0) is 36.4 Å². The number of carbonyl (C=O) groups is 2. The maximum Gasteiger partial charge on any atom is 0.324 e. The Kier molecular flexibility index (Phi) is 6.32. The molecule has 0 radical (unpaired) electrons. The van der Waals surface area contributed by atoms with Gasteiger partial charge >= 0.3 is 6.03 Å². The van der Waals surface area contributed by atoms with Crippen LogP contribution in [0.25, 0.3) is 0 Å². The maximum absolute atomic E-state index is 14.6. The zero-order chi connectivity index (χ0) is 21.9. The van der Waals surface area contributed by atoms with Crippen LogP contribution in [-0.2, 0) is 16.4 Å². The molecule has 1 heterocycles. The SMILES string of the molecule is NNC(=O)c1ccc(CN(C(=O)N2CCS(=O)(=O)CC2)c2ccc(F)cc2)c(F)c1. The number of sulfone groups is 1. The fourth-order valence-corrected chi connectivity index (χ4v) is 4.24. The molecule has 0 bridgehead atoms. The zero-order valence-electron chi connectivity index (χ0n) is 15.8. The van der Waals surface area contributed by atoms with Gasteiger partial charge in [-0.3, -0.25) is 15.1 Å². The number of hydrogen-bond acceptors (Lipinski definition) is 5. The molecular weight excluding hydrogens is 418 g/mol. The Morgan fingerprint density at radius 2 is 1.70 bits per heavy atom. The second kappa shape index (κ2) is 8.76. The van der Waals surface area contributed by atoms with E-state index in [0.717, 1.165) is 6.07 Å². The Morgan fingerprint density at radius 1 is 1.07 bits per heavy atom. The molecule has 1 fully saturated rings. The van der Waals surface area contributed by atoms with Crippen LogP contribution < -0.4 is 16.2 Å². The number of urea groups is 1. The molecule has 3 amide bonds. The lowest BCUT2D eigenvalue weighted by Gasteiger charge is -2.33. The Morgan fingerprint density at radius 3 is 2.27 bits per heavy atom. The van der Waals surface area contributed by atoms with Crippen LogP contribution >= 0.6 is 0 Å². The fraction of sp³-hybridized carbons (Fsp3) is 0.263. The van der Waals surface area contributed by atoms with Crippen LogP contribution in [-0.4, -0.2) is 49.9 Å². The summed E-state index contributed by atoms with van der Waals surface area (Å²) in [6, 6.07) is 8.27. The third kappa shape index (κ3) is 4.92. The highest BCUT2D eigenvalue weighted by molar-refractivity contribution is 7.91. The minimum Gasteiger partial charge on any atom is -0.322 e. The van der Waals surface area contributed by atoms with Crippen LogP contribution in [0.4, 0.5) is 19.3 Å². The van der Waals surface area contributed by atoms with Gasteiger partial charge in [0.15, 0.2) is 9.84 Å². The van der Waals surface area contributed by atoms with Gasteiger partial charge in [-0.1, -0.05) is 6.07 Å². The minimum absolute atomic E-state index is 0.0109. The summed E-state index contributed by atoms with van der Waals surface area (Å²) < 4.78 is 51.2. The van der Waals surface area contributed by atoms with Gasteiger partial charge in [0.05, 0.1) is 18.1 Å². The number of halogens is 2. The van der Waals surface area contributed by atoms with Crippen molar-refractivity contribution in [1.29, 1.82) is 0 Å². The molecule has 0 spiro atoms. The van der Waals surface area contributed by atoms with E-state index in [2.05, 4.69) is 0 Å². The van der Waals surface area contributed by atoms with Crippen molar-refractivity contribution in [2.75, 3.05) is 29.5 Å². The first kappa shape index (κ1) is 21.7. The van der Waals surface area contributed by atoms with E-state index >= 15 is 0 Å². The minimum atomic E-state index is -3.20. The van der Waals surface area contributed by atoms with Crippen LogP contribution in [0.3, 0.4) is 0 Å². The number of carbonyl (C=O) groups excluding carboxylic acids is 2. The molecule has 11 heteroatoms. The number of benzene rings is 2. The van der Waals surface area contributed by atoms with Gasteiger partial charge in [-0.2, -0.15) is 0 Å². The summed E-state index contributed by atoms with van der Waals surface area (Å²) in [5, 5.41) is 0. The number of anilines is 1. The summed E-state index contributed by atoms with van der Waals surface area (Å²) in [5.41, 5.74) is 2.35. The summed E-state index contributed by atoms with van der Waals surface area (Å²) in [6.07, 6.45) is 0. The van der Waals surface area contributed by atoms with Gasteiger partial charge in [0.1, 0.15) is 11.6 Å². The first-order valence-electron chi connectivity index (χ1n) is 9.02. The smallest absolute Gasteiger partial charge is 0.322 e. The van der Waals surface area contributed by atoms with E-state index < -0.39 is 33.4 Å². The number of amides is 3. The zero-order valence-corrected chi connectivity index (χ0v) is 16.7. The average Bonchev–Trinajstić information content (AvgIpc) is 2.72. The van der Waals surface area contributed by atoms with Gasteiger partial charge in [-0.25, -0.2) is 27.8 Å². The van der Waals surface area contributed by atoms with Crippen molar-refractivity contribution < 1.29 is 26.8 Å². The van der Waals surface area contributed by atoms with E-state index in [9.17, 15) is 26.8 Å². The van der Waals surface area contributed by atoms with Crippen molar-refractivity contribution in [3.63, 3.8) is 0 Å². The van der Waals surface area contributed by atoms with E-state index in [4.69, 9.17) is 5.84 Å². The fourth-order valence-electron chi connectivity index (χ4n) is 3.04. The Labute approximate surface area is 172 Å². The van der Waals surface area contributed by atoms with Crippen LogP contribution in [0.15, 0.2) is 42.5 Å². The summed E-state index contributed by atoms with van der Waals surface area (Å²) in [7, 11) is -3.20. The molecule has 1 saturated heterocycles. The molecule has 8 nitrogen and oxygen atoms in total. The molecule has 0 aromatic heterocycles. The van der Waals surface area contributed by atoms with E-state index in [1.807, 2.05) is 5.43 Å². The lowest BCUT2D eigenvalue weighted by atomic mass is 10.1. The molecule has 0 aliphatic carbocycles. The van der Waals surface area contributed by atoms with Gasteiger partial charge in [0.2, 0.25) is 0 Å². The van der Waals surface area contributed by atoms with Gasteiger partial charge in [0.25, 0.3) is 5.91 Å². The van der Waals surface area contributed by atoms with E-state index in [0.29, 0.717) is 5.69 Å². The van der Waals surface area contributed by atoms with Crippen LogP contribution in [0.2, 0.25) is 0 Å². The molecule has 2 aromatic rings. The second-order valence-corrected chi connectivity index (χ2v) is 9.07. The molecule has 1 aliphatic rings. The van der Waals surface area contributed by atoms with Crippen molar-refractivity contribution in [1.82, 2.24) is 10.3 Å². The number of nitrogens with two attached hydrogens (primary N) is 1. The maximum atomic E-state index is 14.6. The summed E-state index contributed by atoms with van der Waals surface area (Å²) >= 11 is 0. The van der Waals surface area contributed by atoms with Crippen molar-refractivity contribution in [2.24, 2.45) is 5.84 Å². The standard InChI is InChI=1S/C19H20F2N4O4S/c20-15-3-5-16(6-4-15)25(19(27)24-7-9-30(28,29)10-8-24)12-14-2-1-13(11-17(14)21)18(26)23-22/h1-6,11H,7-10,12,22H2,(H,23,26). The Balaban J connectivity index is 1.89. The van der Waals surface area contributed by atoms with E-state index in [-0.39, 0.29) is 42.3 Å². The number of hydrazine groups is 1. The topological polar surface area (TPSA) is 113 Å². The summed E-state index contributed by atoms with van der Waals surface area (Å²) in [6.45, 7) is -0.183.